The molecule has 0 aliphatic heterocycles. The van der Waals surface area contributed by atoms with Crippen molar-refractivity contribution in [3.63, 3.8) is 0 Å². The molecular weight excluding hydrogens is 390 g/mol. The Kier molecular flexibility index (Phi) is 8.38. The predicted octanol–water partition coefficient (Wildman–Crippen LogP) is 2.47. The molecule has 8 nitrogen and oxygen atoms in total. The molecule has 0 saturated heterocycles. The van der Waals surface area contributed by atoms with Crippen LogP contribution in [0.2, 0.25) is 0 Å². The number of benzene rings is 1. The highest BCUT2D eigenvalue weighted by atomic mass is 32.1. The summed E-state index contributed by atoms with van der Waals surface area (Å²) in [5.74, 6) is 0.904. The first-order chi connectivity index (χ1) is 13.9. The standard InChI is InChI=1S/C20H29N5O3S/c1-5-25-16(23-24-20(25)29)11-12-21-19(27)17(13(3)4)22-18(26)14-7-9-15(10-8-14)28-6-2/h7-10,13,17H,5-6,11-12H2,1-4H3,(H,21,27)(H,22,26)(H,24,29). The van der Waals surface area contributed by atoms with Crippen molar-refractivity contribution in [1.29, 1.82) is 0 Å². The molecule has 0 aliphatic rings. The second-order valence-electron chi connectivity index (χ2n) is 6.88. The van der Waals surface area contributed by atoms with Gasteiger partial charge < -0.3 is 19.9 Å². The van der Waals surface area contributed by atoms with Gasteiger partial charge in [0, 0.05) is 25.1 Å². The third-order valence-corrected chi connectivity index (χ3v) is 4.78. The summed E-state index contributed by atoms with van der Waals surface area (Å²) in [5.41, 5.74) is 0.477. The summed E-state index contributed by atoms with van der Waals surface area (Å²) in [6.07, 6.45) is 0.546. The molecule has 0 spiro atoms. The molecule has 9 heteroatoms. The van der Waals surface area contributed by atoms with Crippen molar-refractivity contribution in [3.05, 3.63) is 40.4 Å². The Balaban J connectivity index is 1.94. The van der Waals surface area contributed by atoms with Gasteiger partial charge in [-0.05, 0) is 56.2 Å². The summed E-state index contributed by atoms with van der Waals surface area (Å²) < 4.78 is 7.84. The highest BCUT2D eigenvalue weighted by Gasteiger charge is 2.24. The Bertz CT molecular complexity index is 873. The average Bonchev–Trinajstić information content (AvgIpc) is 3.05. The van der Waals surface area contributed by atoms with Crippen molar-refractivity contribution in [1.82, 2.24) is 25.4 Å². The van der Waals surface area contributed by atoms with Crippen LogP contribution in [-0.2, 0) is 17.8 Å². The van der Waals surface area contributed by atoms with E-state index in [1.165, 1.54) is 0 Å². The quantitative estimate of drug-likeness (QED) is 0.514. The lowest BCUT2D eigenvalue weighted by molar-refractivity contribution is -0.123. The van der Waals surface area contributed by atoms with Gasteiger partial charge in [0.25, 0.3) is 5.91 Å². The van der Waals surface area contributed by atoms with Gasteiger partial charge >= 0.3 is 0 Å². The highest BCUT2D eigenvalue weighted by molar-refractivity contribution is 7.71. The van der Waals surface area contributed by atoms with Gasteiger partial charge in [0.15, 0.2) is 4.77 Å². The van der Waals surface area contributed by atoms with Crippen LogP contribution in [0, 0.1) is 10.7 Å². The molecule has 2 aromatic rings. The number of nitrogens with one attached hydrogen (secondary N) is 3. The van der Waals surface area contributed by atoms with Crippen LogP contribution in [0.15, 0.2) is 24.3 Å². The van der Waals surface area contributed by atoms with E-state index in [0.29, 0.717) is 42.2 Å². The third-order valence-electron chi connectivity index (χ3n) is 4.46. The molecule has 3 N–H and O–H groups in total. The van der Waals surface area contributed by atoms with Crippen LogP contribution in [0.1, 0.15) is 43.9 Å². The molecular formula is C20H29N5O3S. The predicted molar refractivity (Wildman–Crippen MR) is 114 cm³/mol. The number of ether oxygens (including phenoxy) is 1. The molecule has 1 heterocycles. The van der Waals surface area contributed by atoms with E-state index in [1.54, 1.807) is 24.3 Å². The van der Waals surface area contributed by atoms with Crippen LogP contribution >= 0.6 is 12.2 Å². The molecule has 1 unspecified atom stereocenters. The molecule has 0 aliphatic carbocycles. The van der Waals surface area contributed by atoms with Crippen LogP contribution in [0.3, 0.4) is 0 Å². The zero-order valence-corrected chi connectivity index (χ0v) is 18.1. The molecule has 0 fully saturated rings. The first-order valence-corrected chi connectivity index (χ1v) is 10.2. The first-order valence-electron chi connectivity index (χ1n) is 9.82. The van der Waals surface area contributed by atoms with Gasteiger partial charge in [-0.15, -0.1) is 0 Å². The summed E-state index contributed by atoms with van der Waals surface area (Å²) >= 11 is 5.17. The van der Waals surface area contributed by atoms with Crippen LogP contribution in [0.25, 0.3) is 0 Å². The lowest BCUT2D eigenvalue weighted by Crippen LogP contribution is -2.50. The maximum Gasteiger partial charge on any atom is 0.251 e. The van der Waals surface area contributed by atoms with Crippen molar-refractivity contribution in [3.8, 4) is 5.75 Å². The fourth-order valence-corrected chi connectivity index (χ4v) is 3.18. The molecule has 1 aromatic carbocycles. The number of aromatic amines is 1. The molecule has 158 valence electrons. The van der Waals surface area contributed by atoms with E-state index in [9.17, 15) is 9.59 Å². The molecule has 0 radical (unpaired) electrons. The van der Waals surface area contributed by atoms with Gasteiger partial charge in [0.1, 0.15) is 17.6 Å². The minimum absolute atomic E-state index is 0.0631. The van der Waals surface area contributed by atoms with Gasteiger partial charge in [-0.1, -0.05) is 13.8 Å². The van der Waals surface area contributed by atoms with Crippen molar-refractivity contribution >= 4 is 24.0 Å². The number of rotatable bonds is 10. The van der Waals surface area contributed by atoms with Gasteiger partial charge in [0.2, 0.25) is 5.91 Å². The van der Waals surface area contributed by atoms with E-state index in [0.717, 1.165) is 5.82 Å². The number of carbonyl (C=O) groups excluding carboxylic acids is 2. The van der Waals surface area contributed by atoms with Crippen LogP contribution in [0.4, 0.5) is 0 Å². The number of amides is 2. The number of nitrogens with zero attached hydrogens (tertiary/aromatic N) is 2. The third kappa shape index (κ3) is 6.15. The van der Waals surface area contributed by atoms with Gasteiger partial charge in [-0.3, -0.25) is 14.7 Å². The van der Waals surface area contributed by atoms with Gasteiger partial charge in [-0.2, -0.15) is 5.10 Å². The first kappa shape index (κ1) is 22.6. The minimum Gasteiger partial charge on any atom is -0.494 e. The normalized spacial score (nSPS) is 11.9. The monoisotopic (exact) mass is 419 g/mol. The highest BCUT2D eigenvalue weighted by Crippen LogP contribution is 2.13. The Hall–Kier alpha value is -2.68. The summed E-state index contributed by atoms with van der Waals surface area (Å²) in [7, 11) is 0. The molecule has 0 bridgehead atoms. The van der Waals surface area contributed by atoms with E-state index in [2.05, 4.69) is 20.8 Å². The van der Waals surface area contributed by atoms with Crippen molar-refractivity contribution in [2.75, 3.05) is 13.2 Å². The number of aromatic nitrogens is 3. The SMILES string of the molecule is CCOc1ccc(C(=O)NC(C(=O)NCCc2n[nH]c(=S)n2CC)C(C)C)cc1. The van der Waals surface area contributed by atoms with Crippen molar-refractivity contribution in [2.24, 2.45) is 5.92 Å². The van der Waals surface area contributed by atoms with E-state index < -0.39 is 6.04 Å². The lowest BCUT2D eigenvalue weighted by atomic mass is 10.0. The molecule has 29 heavy (non-hydrogen) atoms. The number of hydrogen-bond acceptors (Lipinski definition) is 5. The molecule has 0 saturated carbocycles. The fourth-order valence-electron chi connectivity index (χ4n) is 2.90. The Labute approximate surface area is 176 Å². The van der Waals surface area contributed by atoms with E-state index >= 15 is 0 Å². The molecule has 2 amide bonds. The maximum atomic E-state index is 12.6. The summed E-state index contributed by atoms with van der Waals surface area (Å²) in [6.45, 7) is 9.35. The molecule has 1 atom stereocenters. The number of hydrogen-bond donors (Lipinski definition) is 3. The van der Waals surface area contributed by atoms with E-state index in [4.69, 9.17) is 17.0 Å². The maximum absolute atomic E-state index is 12.6. The minimum atomic E-state index is -0.638. The second kappa shape index (κ2) is 10.8. The van der Waals surface area contributed by atoms with Crippen molar-refractivity contribution < 1.29 is 14.3 Å². The van der Waals surface area contributed by atoms with Crippen LogP contribution in [0.5, 0.6) is 5.75 Å². The zero-order valence-electron chi connectivity index (χ0n) is 17.3. The van der Waals surface area contributed by atoms with Crippen LogP contribution < -0.4 is 15.4 Å². The number of carbonyl (C=O) groups is 2. The Morgan fingerprint density at radius 3 is 2.52 bits per heavy atom. The lowest BCUT2D eigenvalue weighted by Gasteiger charge is -2.22. The van der Waals surface area contributed by atoms with Gasteiger partial charge in [-0.25, -0.2) is 0 Å². The van der Waals surface area contributed by atoms with Gasteiger partial charge in [0.05, 0.1) is 6.61 Å². The molecule has 2 rings (SSSR count). The topological polar surface area (TPSA) is 101 Å². The smallest absolute Gasteiger partial charge is 0.251 e. The Morgan fingerprint density at radius 1 is 1.24 bits per heavy atom. The van der Waals surface area contributed by atoms with E-state index in [1.807, 2.05) is 32.3 Å². The number of H-pyrrole nitrogens is 1. The summed E-state index contributed by atoms with van der Waals surface area (Å²) in [4.78, 5) is 25.2. The fraction of sp³-hybridized carbons (Fsp3) is 0.500. The van der Waals surface area contributed by atoms with Crippen LogP contribution in [-0.4, -0.2) is 45.8 Å². The Morgan fingerprint density at radius 2 is 1.93 bits per heavy atom. The summed E-state index contributed by atoms with van der Waals surface area (Å²) in [6, 6.07) is 6.21. The largest absolute Gasteiger partial charge is 0.494 e. The summed E-state index contributed by atoms with van der Waals surface area (Å²) in [5, 5.41) is 12.7. The van der Waals surface area contributed by atoms with E-state index in [-0.39, 0.29) is 17.7 Å². The zero-order chi connectivity index (χ0) is 21.4. The average molecular weight is 420 g/mol. The second-order valence-corrected chi connectivity index (χ2v) is 7.27. The van der Waals surface area contributed by atoms with Crippen molar-refractivity contribution in [2.45, 2.75) is 46.7 Å². The molecule has 1 aromatic heterocycles.